The summed E-state index contributed by atoms with van der Waals surface area (Å²) < 4.78 is 0. The van der Waals surface area contributed by atoms with Crippen molar-refractivity contribution in [3.63, 3.8) is 0 Å². The van der Waals surface area contributed by atoms with Crippen LogP contribution in [0.3, 0.4) is 0 Å². The molecule has 1 N–H and O–H groups in total. The number of guanidine groups is 1. The number of nitrogens with zero attached hydrogens (tertiary/aromatic N) is 5. The molecule has 3 rings (SSSR count). The number of anilines is 1. The Bertz CT molecular complexity index is 609. The highest BCUT2D eigenvalue weighted by Gasteiger charge is 2.21. The maximum absolute atomic E-state index is 5.01. The fourth-order valence-corrected chi connectivity index (χ4v) is 4.27. The van der Waals surface area contributed by atoms with E-state index < -0.39 is 0 Å². The van der Waals surface area contributed by atoms with E-state index in [9.17, 15) is 0 Å². The molecular formula is C23H41IN6. The number of likely N-dealkylation sites (N-methyl/N-ethyl adjacent to an activating group) is 1. The molecule has 30 heavy (non-hydrogen) atoms. The van der Waals surface area contributed by atoms with E-state index in [2.05, 4.69) is 76.0 Å². The Morgan fingerprint density at radius 1 is 0.933 bits per heavy atom. The normalized spacial score (nSPS) is 20.0. The Morgan fingerprint density at radius 3 is 2.17 bits per heavy atom. The van der Waals surface area contributed by atoms with Crippen LogP contribution in [0.4, 0.5) is 5.69 Å². The highest BCUT2D eigenvalue weighted by atomic mass is 127. The van der Waals surface area contributed by atoms with Crippen molar-refractivity contribution < 1.29 is 0 Å². The Hall–Kier alpha value is -1.06. The topological polar surface area (TPSA) is 37.4 Å². The van der Waals surface area contributed by atoms with Crippen molar-refractivity contribution in [3.8, 4) is 0 Å². The van der Waals surface area contributed by atoms with Gasteiger partial charge in [-0.15, -0.1) is 24.0 Å². The van der Waals surface area contributed by atoms with Gasteiger partial charge in [0.05, 0.1) is 0 Å². The number of benzene rings is 1. The Labute approximate surface area is 200 Å². The number of para-hydroxylation sites is 1. The summed E-state index contributed by atoms with van der Waals surface area (Å²) in [6.45, 7) is 19.9. The van der Waals surface area contributed by atoms with E-state index >= 15 is 0 Å². The third-order valence-electron chi connectivity index (χ3n) is 6.07. The van der Waals surface area contributed by atoms with Crippen LogP contribution in [0.5, 0.6) is 0 Å². The zero-order valence-electron chi connectivity index (χ0n) is 19.1. The van der Waals surface area contributed by atoms with Crippen LogP contribution < -0.4 is 10.2 Å². The molecule has 1 atom stereocenters. The molecule has 0 aliphatic carbocycles. The highest BCUT2D eigenvalue weighted by Crippen LogP contribution is 2.15. The molecular weight excluding hydrogens is 487 g/mol. The molecule has 6 nitrogen and oxygen atoms in total. The predicted octanol–water partition coefficient (Wildman–Crippen LogP) is 2.67. The summed E-state index contributed by atoms with van der Waals surface area (Å²) in [5, 5.41) is 3.52. The van der Waals surface area contributed by atoms with Gasteiger partial charge in [0.1, 0.15) is 0 Å². The summed E-state index contributed by atoms with van der Waals surface area (Å²) in [5.74, 6) is 1.67. The summed E-state index contributed by atoms with van der Waals surface area (Å²) in [6, 6.07) is 10.7. The molecule has 2 aliphatic rings. The van der Waals surface area contributed by atoms with Gasteiger partial charge in [-0.3, -0.25) is 4.99 Å². The number of hydrogen-bond donors (Lipinski definition) is 1. The first kappa shape index (κ1) is 25.2. The van der Waals surface area contributed by atoms with E-state index in [1.807, 2.05) is 0 Å². The fourth-order valence-electron chi connectivity index (χ4n) is 4.27. The van der Waals surface area contributed by atoms with Crippen LogP contribution in [0.15, 0.2) is 35.3 Å². The largest absolute Gasteiger partial charge is 0.368 e. The van der Waals surface area contributed by atoms with Gasteiger partial charge in [0, 0.05) is 77.7 Å². The fraction of sp³-hybridized carbons (Fsp3) is 0.696. The highest BCUT2D eigenvalue weighted by molar-refractivity contribution is 14.0. The van der Waals surface area contributed by atoms with Crippen molar-refractivity contribution >= 4 is 35.6 Å². The van der Waals surface area contributed by atoms with E-state index in [1.165, 1.54) is 38.4 Å². The molecule has 7 heteroatoms. The molecule has 2 fully saturated rings. The number of hydrogen-bond acceptors (Lipinski definition) is 4. The lowest BCUT2D eigenvalue weighted by Gasteiger charge is -2.38. The lowest BCUT2D eigenvalue weighted by atomic mass is 10.1. The molecule has 1 unspecified atom stereocenters. The van der Waals surface area contributed by atoms with Crippen molar-refractivity contribution in [2.24, 2.45) is 10.9 Å². The predicted molar refractivity (Wildman–Crippen MR) is 139 cm³/mol. The van der Waals surface area contributed by atoms with Crippen LogP contribution in [0.1, 0.15) is 20.8 Å². The molecule has 0 radical (unpaired) electrons. The third-order valence-corrected chi connectivity index (χ3v) is 6.07. The summed E-state index contributed by atoms with van der Waals surface area (Å²) in [6.07, 6.45) is 0. The first-order valence-electron chi connectivity index (χ1n) is 11.5. The molecule has 0 saturated carbocycles. The van der Waals surface area contributed by atoms with E-state index in [-0.39, 0.29) is 24.0 Å². The van der Waals surface area contributed by atoms with Gasteiger partial charge in [-0.05, 0) is 31.5 Å². The maximum Gasteiger partial charge on any atom is 0.194 e. The minimum Gasteiger partial charge on any atom is -0.368 e. The second kappa shape index (κ2) is 13.4. The van der Waals surface area contributed by atoms with Crippen LogP contribution >= 0.6 is 24.0 Å². The van der Waals surface area contributed by atoms with Gasteiger partial charge in [-0.1, -0.05) is 32.0 Å². The van der Waals surface area contributed by atoms with Gasteiger partial charge in [-0.2, -0.15) is 0 Å². The number of rotatable bonds is 7. The van der Waals surface area contributed by atoms with Crippen molar-refractivity contribution in [2.75, 3.05) is 83.4 Å². The minimum atomic E-state index is 0. The maximum atomic E-state index is 5.01. The molecule has 0 bridgehead atoms. The zero-order valence-corrected chi connectivity index (χ0v) is 21.4. The molecule has 2 aliphatic heterocycles. The van der Waals surface area contributed by atoms with E-state index in [1.54, 1.807) is 0 Å². The minimum absolute atomic E-state index is 0. The van der Waals surface area contributed by atoms with Crippen molar-refractivity contribution in [1.82, 2.24) is 20.0 Å². The van der Waals surface area contributed by atoms with Crippen LogP contribution in [0.25, 0.3) is 0 Å². The SMILES string of the molecule is CCNC(=NCC(C)CN1CCN(CC)CC1)N1CCN(c2ccccc2)CC1.I. The van der Waals surface area contributed by atoms with Crippen molar-refractivity contribution in [2.45, 2.75) is 20.8 Å². The lowest BCUT2D eigenvalue weighted by molar-refractivity contribution is 0.125. The quantitative estimate of drug-likeness (QED) is 0.335. The smallest absolute Gasteiger partial charge is 0.194 e. The molecule has 170 valence electrons. The van der Waals surface area contributed by atoms with Gasteiger partial charge in [0.15, 0.2) is 5.96 Å². The number of halogens is 1. The number of nitrogens with one attached hydrogen (secondary N) is 1. The Balaban J connectivity index is 0.00000320. The van der Waals surface area contributed by atoms with E-state index in [0.717, 1.165) is 51.8 Å². The van der Waals surface area contributed by atoms with Crippen LogP contribution in [-0.2, 0) is 0 Å². The van der Waals surface area contributed by atoms with Gasteiger partial charge in [0.25, 0.3) is 0 Å². The number of aliphatic imine (C=N–C) groups is 1. The van der Waals surface area contributed by atoms with Crippen molar-refractivity contribution in [1.29, 1.82) is 0 Å². The summed E-state index contributed by atoms with van der Waals surface area (Å²) in [4.78, 5) is 15.1. The molecule has 2 heterocycles. The van der Waals surface area contributed by atoms with Crippen molar-refractivity contribution in [3.05, 3.63) is 30.3 Å². The molecule has 1 aromatic rings. The summed E-state index contributed by atoms with van der Waals surface area (Å²) in [5.41, 5.74) is 1.32. The average Bonchev–Trinajstić information content (AvgIpc) is 2.78. The molecule has 0 aromatic heterocycles. The second-order valence-electron chi connectivity index (χ2n) is 8.34. The zero-order chi connectivity index (χ0) is 20.5. The van der Waals surface area contributed by atoms with Gasteiger partial charge < -0.3 is 24.9 Å². The van der Waals surface area contributed by atoms with Crippen LogP contribution in [0.2, 0.25) is 0 Å². The van der Waals surface area contributed by atoms with E-state index in [4.69, 9.17) is 4.99 Å². The first-order chi connectivity index (χ1) is 14.2. The standard InChI is InChI=1S/C23H40N6.HI/c1-4-24-23(25-19-21(3)20-27-13-11-26(5-2)12-14-27)29-17-15-28(16-18-29)22-9-7-6-8-10-22;/h6-10,21H,4-5,11-20H2,1-3H3,(H,24,25);1H. The van der Waals surface area contributed by atoms with Crippen LogP contribution in [-0.4, -0.2) is 99.2 Å². The number of piperazine rings is 2. The summed E-state index contributed by atoms with van der Waals surface area (Å²) >= 11 is 0. The Morgan fingerprint density at radius 2 is 1.57 bits per heavy atom. The first-order valence-corrected chi connectivity index (χ1v) is 11.5. The Kier molecular flexibility index (Phi) is 11.2. The van der Waals surface area contributed by atoms with Gasteiger partial charge in [-0.25, -0.2) is 0 Å². The molecule has 0 spiro atoms. The molecule has 1 aromatic carbocycles. The molecule has 2 saturated heterocycles. The van der Waals surface area contributed by atoms with Gasteiger partial charge in [0.2, 0.25) is 0 Å². The average molecular weight is 529 g/mol. The molecule has 0 amide bonds. The van der Waals surface area contributed by atoms with Gasteiger partial charge >= 0.3 is 0 Å². The lowest BCUT2D eigenvalue weighted by Crippen LogP contribution is -2.52. The van der Waals surface area contributed by atoms with Crippen LogP contribution in [0, 0.1) is 5.92 Å². The summed E-state index contributed by atoms with van der Waals surface area (Å²) in [7, 11) is 0. The second-order valence-corrected chi connectivity index (χ2v) is 8.34. The monoisotopic (exact) mass is 528 g/mol. The third kappa shape index (κ3) is 7.57. The van der Waals surface area contributed by atoms with E-state index in [0.29, 0.717) is 5.92 Å².